The van der Waals surface area contributed by atoms with Gasteiger partial charge in [0.2, 0.25) is 0 Å². The van der Waals surface area contributed by atoms with Crippen LogP contribution in [0.5, 0.6) is 0 Å². The molecule has 4 nitrogen and oxygen atoms in total. The predicted molar refractivity (Wildman–Crippen MR) is 103 cm³/mol. The third-order valence-corrected chi connectivity index (χ3v) is 5.82. The summed E-state index contributed by atoms with van der Waals surface area (Å²) in [4.78, 5) is 2.47. The third kappa shape index (κ3) is 3.63. The molecule has 0 atom stereocenters. The predicted octanol–water partition coefficient (Wildman–Crippen LogP) is 1.68. The van der Waals surface area contributed by atoms with E-state index in [1.165, 1.54) is 11.1 Å². The fourth-order valence-corrected chi connectivity index (χ4v) is 3.34. The summed E-state index contributed by atoms with van der Waals surface area (Å²) in [5.41, 5.74) is 3.69. The van der Waals surface area contributed by atoms with Gasteiger partial charge in [0.05, 0.1) is 11.2 Å². The lowest BCUT2D eigenvalue weighted by atomic mass is 9.76. The Morgan fingerprint density at radius 3 is 2.32 bits per heavy atom. The maximum atomic E-state index is 6.22. The average molecular weight is 340 g/mol. The minimum Gasteiger partial charge on any atom is -0.399 e. The van der Waals surface area contributed by atoms with Crippen LogP contribution in [0.3, 0.4) is 0 Å². The van der Waals surface area contributed by atoms with Crippen LogP contribution in [-0.2, 0) is 15.9 Å². The van der Waals surface area contributed by atoms with Gasteiger partial charge in [0.1, 0.15) is 0 Å². The van der Waals surface area contributed by atoms with E-state index in [1.54, 1.807) is 0 Å². The lowest BCUT2D eigenvalue weighted by Gasteiger charge is -2.32. The number of terminal acetylenes is 1. The minimum atomic E-state index is -0.375. The summed E-state index contributed by atoms with van der Waals surface area (Å²) in [6.07, 6.45) is 5.77. The van der Waals surface area contributed by atoms with Gasteiger partial charge in [0.15, 0.2) is 0 Å². The molecule has 0 aliphatic carbocycles. The Hall–Kier alpha value is -1.32. The van der Waals surface area contributed by atoms with Crippen molar-refractivity contribution in [2.75, 3.05) is 26.2 Å². The van der Waals surface area contributed by atoms with Crippen molar-refractivity contribution in [3.63, 3.8) is 0 Å². The largest absolute Gasteiger partial charge is 0.494 e. The van der Waals surface area contributed by atoms with Gasteiger partial charge in [-0.25, -0.2) is 0 Å². The normalized spacial score (nSPS) is 22.8. The first-order valence-electron chi connectivity index (χ1n) is 9.12. The van der Waals surface area contributed by atoms with Crippen LogP contribution in [0.25, 0.3) is 0 Å². The fourth-order valence-electron chi connectivity index (χ4n) is 3.34. The van der Waals surface area contributed by atoms with Crippen LogP contribution in [0.2, 0.25) is 0 Å². The first-order valence-corrected chi connectivity index (χ1v) is 9.12. The molecule has 2 aliphatic heterocycles. The number of nitrogens with zero attached hydrogens (tertiary/aromatic N) is 1. The van der Waals surface area contributed by atoms with Crippen molar-refractivity contribution < 1.29 is 9.31 Å². The van der Waals surface area contributed by atoms with Crippen LogP contribution in [0, 0.1) is 19.3 Å². The van der Waals surface area contributed by atoms with Crippen molar-refractivity contribution in [2.45, 2.75) is 52.4 Å². The summed E-state index contributed by atoms with van der Waals surface area (Å²) in [5.74, 6) is 2.84. The molecule has 134 valence electrons. The highest BCUT2D eigenvalue weighted by atomic mass is 16.7. The number of hydrogen-bond donors (Lipinski definition) is 1. The third-order valence-electron chi connectivity index (χ3n) is 5.82. The Bertz CT molecular complexity index is 672. The Morgan fingerprint density at radius 2 is 1.76 bits per heavy atom. The molecule has 1 aromatic carbocycles. The maximum Gasteiger partial charge on any atom is 0.494 e. The van der Waals surface area contributed by atoms with Gasteiger partial charge in [-0.1, -0.05) is 12.0 Å². The van der Waals surface area contributed by atoms with E-state index in [-0.39, 0.29) is 18.3 Å². The molecule has 2 heterocycles. The molecule has 25 heavy (non-hydrogen) atoms. The van der Waals surface area contributed by atoms with E-state index >= 15 is 0 Å². The van der Waals surface area contributed by atoms with Crippen LogP contribution >= 0.6 is 0 Å². The van der Waals surface area contributed by atoms with E-state index in [2.05, 4.69) is 56.8 Å². The Kier molecular flexibility index (Phi) is 5.01. The summed E-state index contributed by atoms with van der Waals surface area (Å²) in [6, 6.07) is 4.25. The highest BCUT2D eigenvalue weighted by Crippen LogP contribution is 2.36. The molecule has 0 saturated carbocycles. The average Bonchev–Trinajstić information content (AvgIpc) is 2.78. The fraction of sp³-hybridized carbons (Fsp3) is 0.600. The zero-order valence-corrected chi connectivity index (χ0v) is 16.1. The SMILES string of the molecule is C#Cc1cc(B2OC(C)(C)C(C)(C)O2)cc(CN2CCNCC2)c1C. The van der Waals surface area contributed by atoms with Gasteiger partial charge in [-0.15, -0.1) is 6.42 Å². The molecule has 0 spiro atoms. The number of rotatable bonds is 3. The van der Waals surface area contributed by atoms with Crippen molar-refractivity contribution in [1.29, 1.82) is 0 Å². The van der Waals surface area contributed by atoms with Gasteiger partial charge in [-0.2, -0.15) is 0 Å². The van der Waals surface area contributed by atoms with Gasteiger partial charge >= 0.3 is 7.12 Å². The molecular weight excluding hydrogens is 311 g/mol. The molecule has 0 amide bonds. The van der Waals surface area contributed by atoms with Gasteiger partial charge < -0.3 is 14.6 Å². The minimum absolute atomic E-state index is 0.350. The Balaban J connectivity index is 1.90. The second-order valence-corrected chi connectivity index (χ2v) is 8.11. The molecule has 2 aliphatic rings. The molecular formula is C20H29BN2O2. The molecule has 1 aromatic rings. The lowest BCUT2D eigenvalue weighted by Crippen LogP contribution is -2.43. The van der Waals surface area contributed by atoms with Crippen molar-refractivity contribution >= 4 is 12.6 Å². The second-order valence-electron chi connectivity index (χ2n) is 8.11. The molecule has 0 unspecified atom stereocenters. The molecule has 1 N–H and O–H groups in total. The van der Waals surface area contributed by atoms with Gasteiger partial charge in [0, 0.05) is 38.3 Å². The standard InChI is InChI=1S/C20H29BN2O2/c1-7-16-12-18(21-24-19(3,4)20(5,6)25-21)13-17(15(16)2)14-23-10-8-22-9-11-23/h1,12-13,22H,8-11,14H2,2-6H3. The molecule has 2 saturated heterocycles. The first kappa shape index (κ1) is 18.5. The zero-order valence-electron chi connectivity index (χ0n) is 16.1. The summed E-state index contributed by atoms with van der Waals surface area (Å²) in [6.45, 7) is 15.5. The molecule has 0 radical (unpaired) electrons. The summed E-state index contributed by atoms with van der Waals surface area (Å²) in [5, 5.41) is 3.40. The van der Waals surface area contributed by atoms with Gasteiger partial charge in [0.25, 0.3) is 0 Å². The van der Waals surface area contributed by atoms with Crippen molar-refractivity contribution in [1.82, 2.24) is 10.2 Å². The summed E-state index contributed by atoms with van der Waals surface area (Å²) < 4.78 is 12.4. The van der Waals surface area contributed by atoms with Crippen LogP contribution < -0.4 is 10.8 Å². The van der Waals surface area contributed by atoms with E-state index < -0.39 is 0 Å². The topological polar surface area (TPSA) is 33.7 Å². The van der Waals surface area contributed by atoms with Crippen molar-refractivity contribution in [3.8, 4) is 12.3 Å². The molecule has 3 rings (SSSR count). The number of hydrogen-bond acceptors (Lipinski definition) is 4. The molecule has 2 fully saturated rings. The van der Waals surface area contributed by atoms with Crippen molar-refractivity contribution in [3.05, 3.63) is 28.8 Å². The van der Waals surface area contributed by atoms with Crippen LogP contribution in [-0.4, -0.2) is 49.4 Å². The Morgan fingerprint density at radius 1 is 1.16 bits per heavy atom. The lowest BCUT2D eigenvalue weighted by molar-refractivity contribution is 0.00578. The van der Waals surface area contributed by atoms with E-state index in [0.717, 1.165) is 43.8 Å². The first-order chi connectivity index (χ1) is 11.7. The maximum absolute atomic E-state index is 6.22. The quantitative estimate of drug-likeness (QED) is 0.671. The molecule has 0 bridgehead atoms. The smallest absolute Gasteiger partial charge is 0.399 e. The van der Waals surface area contributed by atoms with Crippen LogP contribution in [0.4, 0.5) is 0 Å². The highest BCUT2D eigenvalue weighted by Gasteiger charge is 2.51. The van der Waals surface area contributed by atoms with Gasteiger partial charge in [-0.3, -0.25) is 4.90 Å². The number of benzene rings is 1. The van der Waals surface area contributed by atoms with Crippen LogP contribution in [0.15, 0.2) is 12.1 Å². The molecule has 5 heteroatoms. The van der Waals surface area contributed by atoms with E-state index in [0.29, 0.717) is 0 Å². The summed E-state index contributed by atoms with van der Waals surface area (Å²) >= 11 is 0. The van der Waals surface area contributed by atoms with Crippen molar-refractivity contribution in [2.24, 2.45) is 0 Å². The van der Waals surface area contributed by atoms with E-state index in [4.69, 9.17) is 15.7 Å². The zero-order chi connectivity index (χ0) is 18.2. The van der Waals surface area contributed by atoms with Gasteiger partial charge in [-0.05, 0) is 57.3 Å². The van der Waals surface area contributed by atoms with E-state index in [9.17, 15) is 0 Å². The molecule has 0 aromatic heterocycles. The Labute approximate surface area is 152 Å². The van der Waals surface area contributed by atoms with Crippen LogP contribution in [0.1, 0.15) is 44.4 Å². The number of piperazine rings is 1. The second kappa shape index (κ2) is 6.77. The number of nitrogens with one attached hydrogen (secondary N) is 1. The van der Waals surface area contributed by atoms with E-state index in [1.807, 2.05) is 6.07 Å². The summed E-state index contributed by atoms with van der Waals surface area (Å²) in [7, 11) is -0.375. The highest BCUT2D eigenvalue weighted by molar-refractivity contribution is 6.62. The monoisotopic (exact) mass is 340 g/mol.